The predicted molar refractivity (Wildman–Crippen MR) is 38.9 cm³/mol. The minimum Gasteiger partial charge on any atom is -1.00 e. The first-order chi connectivity index (χ1) is 4.77. The van der Waals surface area contributed by atoms with E-state index in [1.165, 1.54) is 7.11 Å². The zero-order valence-corrected chi connectivity index (χ0v) is 11.4. The normalized spacial score (nSPS) is 8.64. The van der Waals surface area contributed by atoms with Crippen LogP contribution in [0.25, 0.3) is 0 Å². The smallest absolute Gasteiger partial charge is 1.00 e. The molecule has 0 unspecified atom stereocenters. The summed E-state index contributed by atoms with van der Waals surface area (Å²) in [7, 11) is 1.29. The third-order valence-corrected chi connectivity index (χ3v) is 0.814. The van der Waals surface area contributed by atoms with E-state index in [1.54, 1.807) is 0 Å². The molecule has 1 aliphatic carbocycles. The molecule has 0 amide bonds. The number of hydrogen-bond donors (Lipinski definition) is 0. The number of carbonyl (C=O) groups is 1. The summed E-state index contributed by atoms with van der Waals surface area (Å²) in [5.74, 6) is -0.495. The van der Waals surface area contributed by atoms with Crippen LogP contribution < -0.4 is 37.2 Å². The van der Waals surface area contributed by atoms with E-state index in [1.807, 2.05) is 12.2 Å². The van der Waals surface area contributed by atoms with Crippen LogP contribution in [0.4, 0.5) is 0 Å². The second kappa shape index (κ2) is 23.3. The molecule has 0 aromatic rings. The zero-order valence-electron chi connectivity index (χ0n) is 7.60. The summed E-state index contributed by atoms with van der Waals surface area (Å²) in [5.41, 5.74) is 0. The van der Waals surface area contributed by atoms with Crippen molar-refractivity contribution in [1.29, 1.82) is 0 Å². The van der Waals surface area contributed by atoms with Crippen molar-refractivity contribution in [1.82, 2.24) is 0 Å². The summed E-state index contributed by atoms with van der Waals surface area (Å²) in [6, 6.07) is 0. The largest absolute Gasteiger partial charge is 3.00 e. The average molecular weight is 292 g/mol. The van der Waals surface area contributed by atoms with Crippen LogP contribution in [0.15, 0.2) is 18.2 Å². The molecule has 1 rings (SSSR count). The van der Waals surface area contributed by atoms with Gasteiger partial charge in [-0.05, 0) is 0 Å². The maximum Gasteiger partial charge on any atom is 3.00 e. The molecular weight excluding hydrogens is 282 g/mol. The van der Waals surface area contributed by atoms with E-state index < -0.39 is 5.97 Å². The Bertz CT molecular complexity index is 151. The molecule has 0 spiro atoms. The molecule has 0 bridgehead atoms. The monoisotopic (exact) mass is 291 g/mol. The molecule has 0 aromatic heterocycles. The first kappa shape index (κ1) is 29.3. The number of rotatable bonds is 0. The fraction of sp³-hybridized carbons (Fsp3) is 0.250. The molecule has 0 aliphatic heterocycles. The standard InChI is InChI=1S/C5H5.C3H5O2.3ClH.Ti/c1-2-4-5-3-1;1-3(4)5-2;;;;/h1-3H,4H2;1H2,2H3;3*1H;/q2*-1;;;;+3/p-3. The van der Waals surface area contributed by atoms with Gasteiger partial charge in [-0.3, -0.25) is 17.8 Å². The van der Waals surface area contributed by atoms with Gasteiger partial charge >= 0.3 is 21.7 Å². The number of allylic oxidation sites excluding steroid dienone is 4. The Hall–Kier alpha value is 0.404. The van der Waals surface area contributed by atoms with Gasteiger partial charge in [-0.1, -0.05) is 0 Å². The van der Waals surface area contributed by atoms with Gasteiger partial charge in [0.25, 0.3) is 0 Å². The SMILES string of the molecule is [C-]1=CC=CC1.[CH2-]C(=O)OC.[Cl-].[Cl-].[Cl-].[Ti+3]. The fourth-order valence-electron chi connectivity index (χ4n) is 0.340. The van der Waals surface area contributed by atoms with Crippen molar-refractivity contribution in [2.45, 2.75) is 6.42 Å². The van der Waals surface area contributed by atoms with Gasteiger partial charge in [0.05, 0.1) is 7.11 Å². The molecule has 0 fully saturated rings. The quantitative estimate of drug-likeness (QED) is 0.252. The van der Waals surface area contributed by atoms with Gasteiger partial charge in [0, 0.05) is 0 Å². The van der Waals surface area contributed by atoms with E-state index in [0.29, 0.717) is 0 Å². The van der Waals surface area contributed by atoms with Crippen LogP contribution in [0.1, 0.15) is 6.42 Å². The summed E-state index contributed by atoms with van der Waals surface area (Å²) in [6.07, 6.45) is 10.0. The van der Waals surface area contributed by atoms with Crippen LogP contribution in [0.2, 0.25) is 0 Å². The average Bonchev–Trinajstić information content (AvgIpc) is 2.43. The number of halogens is 3. The van der Waals surface area contributed by atoms with Crippen molar-refractivity contribution in [3.63, 3.8) is 0 Å². The molecule has 1 radical (unpaired) electrons. The Labute approximate surface area is 119 Å². The molecule has 0 N–H and O–H groups in total. The van der Waals surface area contributed by atoms with Gasteiger partial charge < -0.3 is 42.0 Å². The molecule has 0 saturated heterocycles. The summed E-state index contributed by atoms with van der Waals surface area (Å²) in [4.78, 5) is 9.48. The van der Waals surface area contributed by atoms with Gasteiger partial charge in [0.2, 0.25) is 0 Å². The number of carbonyl (C=O) groups excluding carboxylic acids is 1. The van der Waals surface area contributed by atoms with E-state index in [2.05, 4.69) is 23.8 Å². The van der Waals surface area contributed by atoms with Gasteiger partial charge in [-0.2, -0.15) is 6.08 Å². The third kappa shape index (κ3) is 29.4. The number of hydrogen-bond acceptors (Lipinski definition) is 2. The molecule has 0 heterocycles. The maximum atomic E-state index is 9.48. The van der Waals surface area contributed by atoms with Gasteiger partial charge in [0.1, 0.15) is 0 Å². The van der Waals surface area contributed by atoms with Crippen LogP contribution in [0.3, 0.4) is 0 Å². The third-order valence-electron chi connectivity index (χ3n) is 0.814. The van der Waals surface area contributed by atoms with E-state index in [0.717, 1.165) is 6.42 Å². The van der Waals surface area contributed by atoms with E-state index in [9.17, 15) is 4.79 Å². The molecule has 14 heavy (non-hydrogen) atoms. The molecule has 0 aromatic carbocycles. The molecule has 1 aliphatic rings. The summed E-state index contributed by atoms with van der Waals surface area (Å²) in [5, 5.41) is 0. The van der Waals surface area contributed by atoms with Crippen LogP contribution >= 0.6 is 0 Å². The second-order valence-electron chi connectivity index (χ2n) is 1.58. The van der Waals surface area contributed by atoms with Crippen LogP contribution in [-0.2, 0) is 31.2 Å². The van der Waals surface area contributed by atoms with Crippen molar-refractivity contribution in [2.75, 3.05) is 7.11 Å². The van der Waals surface area contributed by atoms with E-state index in [4.69, 9.17) is 0 Å². The molecular formula is C8H10Cl3O2Ti-2. The van der Waals surface area contributed by atoms with Crippen LogP contribution in [0, 0.1) is 13.0 Å². The Balaban J connectivity index is -0.0000000300. The molecule has 2 nitrogen and oxygen atoms in total. The van der Waals surface area contributed by atoms with Crippen molar-refractivity contribution >= 4 is 5.97 Å². The predicted octanol–water partition coefficient (Wildman–Crippen LogP) is -7.69. The number of ether oxygens (including phenoxy) is 1. The first-order valence-corrected chi connectivity index (χ1v) is 2.89. The fourth-order valence-corrected chi connectivity index (χ4v) is 0.340. The Morgan fingerprint density at radius 3 is 1.93 bits per heavy atom. The topological polar surface area (TPSA) is 26.3 Å². The van der Waals surface area contributed by atoms with Gasteiger partial charge in [-0.15, -0.1) is 6.42 Å². The van der Waals surface area contributed by atoms with Crippen molar-refractivity contribution in [2.24, 2.45) is 0 Å². The Morgan fingerprint density at radius 1 is 1.43 bits per heavy atom. The molecule has 0 atom stereocenters. The molecule has 0 saturated carbocycles. The first-order valence-electron chi connectivity index (χ1n) is 2.89. The summed E-state index contributed by atoms with van der Waals surface area (Å²) >= 11 is 0. The molecule has 81 valence electrons. The number of esters is 1. The van der Waals surface area contributed by atoms with E-state index in [-0.39, 0.29) is 58.9 Å². The maximum absolute atomic E-state index is 9.48. The van der Waals surface area contributed by atoms with Crippen LogP contribution in [-0.4, -0.2) is 13.1 Å². The van der Waals surface area contributed by atoms with Gasteiger partial charge in [-0.25, -0.2) is 12.2 Å². The van der Waals surface area contributed by atoms with Crippen molar-refractivity contribution in [3.05, 3.63) is 31.2 Å². The Morgan fingerprint density at radius 2 is 1.86 bits per heavy atom. The minimum absolute atomic E-state index is 0. The molecule has 6 heteroatoms. The van der Waals surface area contributed by atoms with Crippen LogP contribution in [0.5, 0.6) is 0 Å². The zero-order chi connectivity index (χ0) is 7.82. The Kier molecular flexibility index (Phi) is 48.7. The summed E-state index contributed by atoms with van der Waals surface area (Å²) in [6.45, 7) is 2.90. The van der Waals surface area contributed by atoms with Crippen molar-refractivity contribution in [3.8, 4) is 0 Å². The van der Waals surface area contributed by atoms with Gasteiger partial charge in [0.15, 0.2) is 5.97 Å². The second-order valence-corrected chi connectivity index (χ2v) is 1.58. The summed E-state index contributed by atoms with van der Waals surface area (Å²) < 4.78 is 4.00. The van der Waals surface area contributed by atoms with E-state index >= 15 is 0 Å². The number of methoxy groups -OCH3 is 1. The minimum atomic E-state index is -0.495. The van der Waals surface area contributed by atoms with Crippen molar-refractivity contribution < 1.29 is 68.5 Å².